The predicted molar refractivity (Wildman–Crippen MR) is 90.8 cm³/mol. The zero-order chi connectivity index (χ0) is 16.6. The lowest BCUT2D eigenvalue weighted by atomic mass is 9.97. The highest BCUT2D eigenvalue weighted by atomic mass is 16.4. The first-order chi connectivity index (χ1) is 11.0. The predicted octanol–water partition coefficient (Wildman–Crippen LogP) is 4.20. The fourth-order valence-electron chi connectivity index (χ4n) is 2.91. The summed E-state index contributed by atoms with van der Waals surface area (Å²) in [5.41, 5.74) is 5.48. The van der Waals surface area contributed by atoms with Crippen molar-refractivity contribution in [3.8, 4) is 11.3 Å². The van der Waals surface area contributed by atoms with E-state index in [-0.39, 0.29) is 0 Å². The molecule has 4 nitrogen and oxygen atoms in total. The van der Waals surface area contributed by atoms with E-state index in [1.54, 1.807) is 0 Å². The lowest BCUT2D eigenvalue weighted by molar-refractivity contribution is -0.138. The Morgan fingerprint density at radius 2 is 1.78 bits per heavy atom. The smallest absolute Gasteiger partial charge is 0.312 e. The van der Waals surface area contributed by atoms with Crippen molar-refractivity contribution in [2.75, 3.05) is 0 Å². The summed E-state index contributed by atoms with van der Waals surface area (Å²) in [5, 5.41) is 9.65. The maximum absolute atomic E-state index is 11.8. The van der Waals surface area contributed by atoms with Gasteiger partial charge in [0.2, 0.25) is 0 Å². The molecule has 0 radical (unpaired) electrons. The summed E-state index contributed by atoms with van der Waals surface area (Å²) in [5.74, 6) is -1.40. The summed E-state index contributed by atoms with van der Waals surface area (Å²) >= 11 is 0. The van der Waals surface area contributed by atoms with Gasteiger partial charge in [-0.1, -0.05) is 42.8 Å². The maximum atomic E-state index is 11.8. The first kappa shape index (κ1) is 15.3. The molecule has 2 heterocycles. The lowest BCUT2D eigenvalue weighted by Gasteiger charge is -2.13. The molecule has 0 spiro atoms. The number of benzene rings is 1. The summed E-state index contributed by atoms with van der Waals surface area (Å²) in [6.07, 6.45) is 2.48. The normalized spacial score (nSPS) is 12.5. The minimum Gasteiger partial charge on any atom is -0.481 e. The van der Waals surface area contributed by atoms with Crippen molar-refractivity contribution in [2.24, 2.45) is 0 Å². The number of carboxylic acid groups (broad SMARTS) is 1. The van der Waals surface area contributed by atoms with Gasteiger partial charge < -0.3 is 9.51 Å². The molecule has 0 aliphatic rings. The molecule has 0 saturated heterocycles. The highest BCUT2D eigenvalue weighted by molar-refractivity contribution is 5.80. The zero-order valence-corrected chi connectivity index (χ0v) is 13.6. The number of carboxylic acids is 1. The van der Waals surface area contributed by atoms with E-state index < -0.39 is 11.9 Å². The van der Waals surface area contributed by atoms with Crippen LogP contribution in [0.3, 0.4) is 0 Å². The number of aryl methyl sites for hydroxylation is 2. The van der Waals surface area contributed by atoms with Crippen LogP contribution in [-0.4, -0.2) is 20.5 Å². The lowest BCUT2D eigenvalue weighted by Crippen LogP contribution is -2.14. The Balaban J connectivity index is 2.31. The Kier molecular flexibility index (Phi) is 3.90. The average molecular weight is 308 g/mol. The van der Waals surface area contributed by atoms with E-state index in [0.717, 1.165) is 28.2 Å². The molecule has 23 heavy (non-hydrogen) atoms. The zero-order valence-electron chi connectivity index (χ0n) is 13.6. The van der Waals surface area contributed by atoms with Gasteiger partial charge in [0.05, 0.1) is 17.3 Å². The molecule has 0 aliphatic carbocycles. The Morgan fingerprint density at radius 3 is 2.39 bits per heavy atom. The van der Waals surface area contributed by atoms with Gasteiger partial charge in [-0.15, -0.1) is 0 Å². The Bertz CT molecular complexity index is 863. The van der Waals surface area contributed by atoms with Gasteiger partial charge in [0.25, 0.3) is 0 Å². The molecule has 3 rings (SSSR count). The van der Waals surface area contributed by atoms with Crippen LogP contribution in [0.1, 0.15) is 36.1 Å². The van der Waals surface area contributed by atoms with Gasteiger partial charge in [-0.3, -0.25) is 4.79 Å². The van der Waals surface area contributed by atoms with E-state index in [4.69, 9.17) is 4.98 Å². The maximum Gasteiger partial charge on any atom is 0.312 e. The van der Waals surface area contributed by atoms with Crippen LogP contribution in [0, 0.1) is 13.8 Å². The number of pyridine rings is 1. The van der Waals surface area contributed by atoms with Crippen molar-refractivity contribution in [3.05, 3.63) is 59.4 Å². The Morgan fingerprint density at radius 1 is 1.13 bits per heavy atom. The number of fused-ring (bicyclic) bond motifs is 1. The monoisotopic (exact) mass is 308 g/mol. The summed E-state index contributed by atoms with van der Waals surface area (Å²) in [6.45, 7) is 5.92. The van der Waals surface area contributed by atoms with Gasteiger partial charge in [0.1, 0.15) is 5.65 Å². The van der Waals surface area contributed by atoms with Crippen molar-refractivity contribution in [1.29, 1.82) is 0 Å². The van der Waals surface area contributed by atoms with Gasteiger partial charge >= 0.3 is 5.97 Å². The van der Waals surface area contributed by atoms with Crippen molar-refractivity contribution < 1.29 is 9.90 Å². The van der Waals surface area contributed by atoms with Crippen molar-refractivity contribution in [1.82, 2.24) is 9.38 Å². The number of imidazole rings is 1. The van der Waals surface area contributed by atoms with E-state index in [2.05, 4.69) is 0 Å². The standard InChI is InChI=1S/C19H20N2O2/c1-4-15(19(22)23)18-17(14-8-5-12(2)6-9-14)20-16-10-7-13(3)11-21(16)18/h5-11,15H,4H2,1-3H3,(H,22,23). The minimum atomic E-state index is -0.816. The third-order valence-corrected chi connectivity index (χ3v) is 4.16. The Labute approximate surface area is 135 Å². The summed E-state index contributed by atoms with van der Waals surface area (Å²) < 4.78 is 1.92. The molecule has 0 amide bonds. The second-order valence-corrected chi connectivity index (χ2v) is 5.95. The fourth-order valence-corrected chi connectivity index (χ4v) is 2.91. The highest BCUT2D eigenvalue weighted by Crippen LogP contribution is 2.32. The number of hydrogen-bond acceptors (Lipinski definition) is 2. The average Bonchev–Trinajstić information content (AvgIpc) is 2.87. The molecule has 3 aromatic rings. The number of rotatable bonds is 4. The van der Waals surface area contributed by atoms with Crippen LogP contribution in [-0.2, 0) is 4.79 Å². The van der Waals surface area contributed by atoms with Gasteiger partial charge in [0.15, 0.2) is 0 Å². The number of aromatic nitrogens is 2. The molecular formula is C19H20N2O2. The highest BCUT2D eigenvalue weighted by Gasteiger charge is 2.26. The number of hydrogen-bond donors (Lipinski definition) is 1. The molecule has 1 aromatic carbocycles. The van der Waals surface area contributed by atoms with E-state index in [9.17, 15) is 9.90 Å². The van der Waals surface area contributed by atoms with Crippen LogP contribution in [0.5, 0.6) is 0 Å². The van der Waals surface area contributed by atoms with Crippen molar-refractivity contribution >= 4 is 11.6 Å². The third kappa shape index (κ3) is 2.72. The summed E-state index contributed by atoms with van der Waals surface area (Å²) in [6, 6.07) is 12.0. The van der Waals surface area contributed by atoms with Crippen LogP contribution in [0.25, 0.3) is 16.9 Å². The molecule has 0 aliphatic heterocycles. The van der Waals surface area contributed by atoms with Gasteiger partial charge in [-0.05, 0) is 31.9 Å². The number of aliphatic carboxylic acids is 1. The molecule has 118 valence electrons. The SMILES string of the molecule is CCC(C(=O)O)c1c(-c2ccc(C)cc2)nc2ccc(C)cn12. The topological polar surface area (TPSA) is 54.6 Å². The van der Waals surface area contributed by atoms with Gasteiger partial charge in [0, 0.05) is 11.8 Å². The molecule has 4 heteroatoms. The van der Waals surface area contributed by atoms with E-state index >= 15 is 0 Å². The summed E-state index contributed by atoms with van der Waals surface area (Å²) in [4.78, 5) is 16.5. The van der Waals surface area contributed by atoms with Gasteiger partial charge in [-0.25, -0.2) is 4.98 Å². The quantitative estimate of drug-likeness (QED) is 0.786. The molecule has 1 atom stereocenters. The molecule has 0 bridgehead atoms. The molecule has 0 fully saturated rings. The number of carbonyl (C=O) groups is 1. The molecule has 2 aromatic heterocycles. The largest absolute Gasteiger partial charge is 0.481 e. The van der Waals surface area contributed by atoms with Crippen LogP contribution >= 0.6 is 0 Å². The minimum absolute atomic E-state index is 0.524. The summed E-state index contributed by atoms with van der Waals surface area (Å²) in [7, 11) is 0. The van der Waals surface area contributed by atoms with E-state index in [0.29, 0.717) is 6.42 Å². The van der Waals surface area contributed by atoms with Crippen LogP contribution in [0.15, 0.2) is 42.6 Å². The second kappa shape index (κ2) is 5.88. The van der Waals surface area contributed by atoms with Crippen molar-refractivity contribution in [3.63, 3.8) is 0 Å². The molecule has 1 N–H and O–H groups in total. The third-order valence-electron chi connectivity index (χ3n) is 4.16. The van der Waals surface area contributed by atoms with Gasteiger partial charge in [-0.2, -0.15) is 0 Å². The van der Waals surface area contributed by atoms with Crippen molar-refractivity contribution in [2.45, 2.75) is 33.1 Å². The molecule has 1 unspecified atom stereocenters. The molecular weight excluding hydrogens is 288 g/mol. The van der Waals surface area contributed by atoms with Crippen LogP contribution in [0.2, 0.25) is 0 Å². The Hall–Kier alpha value is -2.62. The first-order valence-electron chi connectivity index (χ1n) is 7.79. The van der Waals surface area contributed by atoms with E-state index in [1.807, 2.05) is 67.8 Å². The second-order valence-electron chi connectivity index (χ2n) is 5.95. The first-order valence-corrected chi connectivity index (χ1v) is 7.79. The van der Waals surface area contributed by atoms with Crippen LogP contribution in [0.4, 0.5) is 0 Å². The fraction of sp³-hybridized carbons (Fsp3) is 0.263. The molecule has 0 saturated carbocycles. The van der Waals surface area contributed by atoms with E-state index in [1.165, 1.54) is 5.56 Å². The van der Waals surface area contributed by atoms with Crippen LogP contribution < -0.4 is 0 Å². The number of nitrogens with zero attached hydrogens (tertiary/aromatic N) is 2.